The van der Waals surface area contributed by atoms with Crippen molar-refractivity contribution >= 4 is 46.4 Å². The number of benzene rings is 4. The number of fused-ring (bicyclic) bond motifs is 8. The lowest BCUT2D eigenvalue weighted by atomic mass is 10.0. The zero-order chi connectivity index (χ0) is 54.1. The number of pyridine rings is 4. The molecule has 4 aromatic carbocycles. The van der Waals surface area contributed by atoms with Crippen molar-refractivity contribution in [2.75, 3.05) is 0 Å². The maximum Gasteiger partial charge on any atom is 0.250 e. The Balaban J connectivity index is 1.04. The molecular weight excluding hydrogens is 993 g/mol. The monoisotopic (exact) mass is 1040 g/mol. The fourth-order valence-electron chi connectivity index (χ4n) is 10.7. The Hall–Kier alpha value is -10.7. The minimum atomic E-state index is -0.0690. The molecule has 0 amide bonds. The molecule has 0 unspecified atom stereocenters. The van der Waals surface area contributed by atoms with Gasteiger partial charge in [-0.1, -0.05) is 121 Å². The van der Waals surface area contributed by atoms with Gasteiger partial charge in [-0.05, 0) is 117 Å². The zero-order valence-electron chi connectivity index (χ0n) is 43.2. The Morgan fingerprint density at radius 1 is 0.275 bits per heavy atom. The van der Waals surface area contributed by atoms with Crippen LogP contribution in [0.15, 0.2) is 238 Å². The van der Waals surface area contributed by atoms with Gasteiger partial charge in [0.1, 0.15) is 0 Å². The number of rotatable bonds is 12. The van der Waals surface area contributed by atoms with E-state index in [0.717, 1.165) is 112 Å². The van der Waals surface area contributed by atoms with Crippen molar-refractivity contribution in [3.63, 3.8) is 0 Å². The van der Waals surface area contributed by atoms with E-state index in [1.54, 1.807) is 91.6 Å². The molecule has 0 atom stereocenters. The van der Waals surface area contributed by atoms with E-state index in [-0.39, 0.29) is 22.2 Å². The average Bonchev–Trinajstić information content (AvgIpc) is 4.36. The second-order valence-electron chi connectivity index (χ2n) is 20.0. The molecule has 0 radical (unpaired) electrons. The summed E-state index contributed by atoms with van der Waals surface area (Å²) in [6.45, 7) is 1.69. The van der Waals surface area contributed by atoms with Gasteiger partial charge < -0.3 is 28.2 Å². The molecule has 2 aliphatic rings. The molecule has 8 bridgehead atoms. The average molecular weight is 1040 g/mol. The number of aromatic amines is 2. The molecule has 0 saturated heterocycles. The van der Waals surface area contributed by atoms with E-state index in [2.05, 4.69) is 156 Å². The lowest BCUT2D eigenvalue weighted by Crippen LogP contribution is -2.18. The van der Waals surface area contributed by atoms with Crippen LogP contribution in [0.25, 0.3) is 90.9 Å². The molecule has 386 valence electrons. The topological polar surface area (TPSA) is 145 Å². The minimum absolute atomic E-state index is 0.0690. The lowest BCUT2D eigenvalue weighted by molar-refractivity contribution is 0.759. The van der Waals surface area contributed by atoms with Crippen LogP contribution in [0.1, 0.15) is 45.0 Å². The smallest absolute Gasteiger partial charge is 0.250 e. The second-order valence-corrected chi connectivity index (χ2v) is 20.0. The molecule has 7 aromatic heterocycles. The molecule has 13 rings (SSSR count). The largest absolute Gasteiger partial charge is 0.354 e. The summed E-state index contributed by atoms with van der Waals surface area (Å²) in [5, 5.41) is 0. The van der Waals surface area contributed by atoms with Gasteiger partial charge in [-0.3, -0.25) is 19.2 Å². The minimum Gasteiger partial charge on any atom is -0.354 e. The van der Waals surface area contributed by atoms with Gasteiger partial charge in [0.2, 0.25) is 0 Å². The van der Waals surface area contributed by atoms with Crippen molar-refractivity contribution in [2.45, 2.75) is 26.2 Å². The first kappa shape index (κ1) is 48.9. The van der Waals surface area contributed by atoms with Gasteiger partial charge in [-0.25, -0.2) is 9.97 Å². The van der Waals surface area contributed by atoms with Crippen LogP contribution in [0, 0.1) is 0 Å². The number of aromatic nitrogens is 8. The van der Waals surface area contributed by atoms with Crippen molar-refractivity contribution < 1.29 is 0 Å². The molecule has 80 heavy (non-hydrogen) atoms. The SMILES string of the molecule is O=c1ccccn1Cc1ccc(-c2c3nc(c(-c4ccc(Cn5ccccc5=O)cc4)c4ccc([nH]4)c(-c4ccc(Cn5ccccc5=O)cc4)c4nc(c(-c5ccc(Cn6ccccc6=O)cc5)c5ccc2[nH]5)C=C4)C=C3)cc1. The third kappa shape index (κ3) is 9.84. The van der Waals surface area contributed by atoms with Crippen LogP contribution in [-0.2, 0) is 26.2 Å². The predicted octanol–water partition coefficient (Wildman–Crippen LogP) is 12.2. The summed E-state index contributed by atoms with van der Waals surface area (Å²) in [7, 11) is 0. The molecule has 0 aliphatic carbocycles. The summed E-state index contributed by atoms with van der Waals surface area (Å²) in [5.74, 6) is 0. The fourth-order valence-corrected chi connectivity index (χ4v) is 10.7. The molecule has 9 heterocycles. The normalized spacial score (nSPS) is 11.8. The van der Waals surface area contributed by atoms with Crippen molar-refractivity contribution in [3.8, 4) is 44.5 Å². The predicted molar refractivity (Wildman–Crippen MR) is 320 cm³/mol. The lowest BCUT2D eigenvalue weighted by Gasteiger charge is -2.10. The Morgan fingerprint density at radius 3 is 0.713 bits per heavy atom. The number of nitrogens with zero attached hydrogens (tertiary/aromatic N) is 6. The number of hydrogen-bond acceptors (Lipinski definition) is 6. The molecule has 2 N–H and O–H groups in total. The molecule has 12 nitrogen and oxygen atoms in total. The van der Waals surface area contributed by atoms with Gasteiger partial charge in [0.05, 0.1) is 49.0 Å². The van der Waals surface area contributed by atoms with Gasteiger partial charge >= 0.3 is 0 Å². The van der Waals surface area contributed by atoms with E-state index in [4.69, 9.17) is 9.97 Å². The van der Waals surface area contributed by atoms with E-state index in [1.165, 1.54) is 0 Å². The number of H-pyrrole nitrogens is 2. The molecular formula is C68H50N8O4. The van der Waals surface area contributed by atoms with Crippen LogP contribution in [0.4, 0.5) is 0 Å². The third-order valence-electron chi connectivity index (χ3n) is 14.7. The Morgan fingerprint density at radius 2 is 0.500 bits per heavy atom. The molecule has 0 saturated carbocycles. The van der Waals surface area contributed by atoms with Crippen molar-refractivity contribution in [2.24, 2.45) is 0 Å². The molecule has 0 fully saturated rings. The van der Waals surface area contributed by atoms with Crippen molar-refractivity contribution in [1.29, 1.82) is 0 Å². The molecule has 2 aliphatic heterocycles. The molecule has 11 aromatic rings. The maximum absolute atomic E-state index is 12.7. The van der Waals surface area contributed by atoms with Crippen LogP contribution < -0.4 is 22.2 Å². The van der Waals surface area contributed by atoms with E-state index >= 15 is 0 Å². The van der Waals surface area contributed by atoms with Gasteiger partial charge in [-0.2, -0.15) is 0 Å². The number of nitrogens with one attached hydrogen (secondary N) is 2. The van der Waals surface area contributed by atoms with E-state index in [0.29, 0.717) is 26.2 Å². The van der Waals surface area contributed by atoms with Crippen LogP contribution in [0.5, 0.6) is 0 Å². The van der Waals surface area contributed by atoms with Gasteiger partial charge in [0, 0.05) is 93.4 Å². The van der Waals surface area contributed by atoms with Crippen LogP contribution in [0.2, 0.25) is 0 Å². The summed E-state index contributed by atoms with van der Waals surface area (Å²) in [5.41, 5.74) is 17.2. The van der Waals surface area contributed by atoms with E-state index in [1.807, 2.05) is 24.3 Å². The highest BCUT2D eigenvalue weighted by atomic mass is 16.1. The van der Waals surface area contributed by atoms with Crippen LogP contribution >= 0.6 is 0 Å². The highest BCUT2D eigenvalue weighted by Crippen LogP contribution is 2.39. The Kier molecular flexibility index (Phi) is 12.8. The van der Waals surface area contributed by atoms with Gasteiger partial charge in [0.15, 0.2) is 0 Å². The first-order chi connectivity index (χ1) is 39.2. The number of hydrogen-bond donors (Lipinski definition) is 2. The van der Waals surface area contributed by atoms with Gasteiger partial charge in [0.25, 0.3) is 22.2 Å². The third-order valence-corrected chi connectivity index (χ3v) is 14.7. The zero-order valence-corrected chi connectivity index (χ0v) is 43.2. The van der Waals surface area contributed by atoms with Crippen molar-refractivity contribution in [1.82, 2.24) is 38.2 Å². The fraction of sp³-hybridized carbons (Fsp3) is 0.0588. The highest BCUT2D eigenvalue weighted by Gasteiger charge is 2.20. The summed E-state index contributed by atoms with van der Waals surface area (Å²) >= 11 is 0. The molecule has 12 heteroatoms. The standard InChI is InChI=1S/C68H50N8O4/c77-61-9-1-5-37-73(61)41-45-13-21-49(22-14-45)65-53-29-31-55(69-53)66(50-23-15-46(16-24-50)42-74-38-6-2-10-62(74)78)57-33-35-59(71-57)68(52-27-19-48(20-28-52)44-76-40-8-4-12-64(76)80)60-36-34-58(72-60)67(56-32-30-54(65)70-56)51-25-17-47(18-26-51)43-75-39-7-3-11-63(75)79/h1-40,69,72H,41-44H2. The second kappa shape index (κ2) is 21.0. The summed E-state index contributed by atoms with van der Waals surface area (Å²) < 4.78 is 6.76. The summed E-state index contributed by atoms with van der Waals surface area (Å²) in [4.78, 5) is 69.7. The summed E-state index contributed by atoms with van der Waals surface area (Å²) in [6, 6.07) is 62.2. The van der Waals surface area contributed by atoms with Gasteiger partial charge in [-0.15, -0.1) is 0 Å². The maximum atomic E-state index is 12.7. The quantitative estimate of drug-likeness (QED) is 0.125. The Bertz CT molecular complexity index is 4080. The van der Waals surface area contributed by atoms with E-state index < -0.39 is 0 Å². The first-order valence-electron chi connectivity index (χ1n) is 26.4. The first-order valence-corrected chi connectivity index (χ1v) is 26.4. The van der Waals surface area contributed by atoms with Crippen LogP contribution in [-0.4, -0.2) is 38.2 Å². The summed E-state index contributed by atoms with van der Waals surface area (Å²) in [6.07, 6.45) is 15.5. The van der Waals surface area contributed by atoms with Crippen molar-refractivity contribution in [3.05, 3.63) is 305 Å². The highest BCUT2D eigenvalue weighted by molar-refractivity contribution is 6.00. The Labute approximate surface area is 458 Å². The molecule has 0 spiro atoms. The van der Waals surface area contributed by atoms with Crippen LogP contribution in [0.3, 0.4) is 0 Å². The van der Waals surface area contributed by atoms with E-state index in [9.17, 15) is 19.2 Å².